The molecule has 0 aromatic heterocycles. The van der Waals surface area contributed by atoms with Gasteiger partial charge in [0.1, 0.15) is 23.3 Å². The van der Waals surface area contributed by atoms with E-state index in [9.17, 15) is 4.79 Å². The van der Waals surface area contributed by atoms with Gasteiger partial charge in [0.15, 0.2) is 0 Å². The number of rotatable bonds is 5. The van der Waals surface area contributed by atoms with E-state index in [1.807, 2.05) is 24.3 Å². The van der Waals surface area contributed by atoms with Gasteiger partial charge in [-0.15, -0.1) is 12.4 Å². The molecule has 1 aliphatic heterocycles. The van der Waals surface area contributed by atoms with Crippen LogP contribution in [0, 0.1) is 0 Å². The molecule has 2 aromatic carbocycles. The van der Waals surface area contributed by atoms with Gasteiger partial charge in [-0.05, 0) is 36.4 Å². The Hall–Kier alpha value is -2.28. The number of anilines is 1. The third-order valence-electron chi connectivity index (χ3n) is 3.64. The van der Waals surface area contributed by atoms with Crippen LogP contribution in [0.2, 0.25) is 0 Å². The molecule has 0 aliphatic carbocycles. The van der Waals surface area contributed by atoms with E-state index in [1.165, 1.54) is 0 Å². The van der Waals surface area contributed by atoms with Crippen molar-refractivity contribution in [2.75, 3.05) is 32.2 Å². The fourth-order valence-corrected chi connectivity index (χ4v) is 2.37. The summed E-state index contributed by atoms with van der Waals surface area (Å²) in [5.74, 6) is 2.00. The first-order valence-electron chi connectivity index (χ1n) is 7.78. The van der Waals surface area contributed by atoms with Crippen molar-refractivity contribution in [1.82, 2.24) is 5.32 Å². The number of ether oxygens (including phenoxy) is 3. The smallest absolute Gasteiger partial charge is 0.243 e. The lowest BCUT2D eigenvalue weighted by atomic mass is 10.2. The summed E-state index contributed by atoms with van der Waals surface area (Å²) in [5, 5.41) is 5.98. The van der Waals surface area contributed by atoms with E-state index < -0.39 is 0 Å². The van der Waals surface area contributed by atoms with E-state index in [2.05, 4.69) is 10.6 Å². The van der Waals surface area contributed by atoms with Crippen molar-refractivity contribution in [3.63, 3.8) is 0 Å². The third kappa shape index (κ3) is 5.35. The van der Waals surface area contributed by atoms with Crippen LogP contribution >= 0.6 is 12.4 Å². The van der Waals surface area contributed by atoms with Crippen LogP contribution in [0.25, 0.3) is 0 Å². The molecule has 1 fully saturated rings. The molecule has 0 radical (unpaired) electrons. The lowest BCUT2D eigenvalue weighted by Crippen LogP contribution is -2.48. The lowest BCUT2D eigenvalue weighted by Gasteiger charge is -2.22. The molecule has 0 saturated carbocycles. The Kier molecular flexibility index (Phi) is 7.06. The molecule has 1 atom stereocenters. The number of methoxy groups -OCH3 is 1. The standard InChI is InChI=1S/C18H20N2O4.ClH/c1-22-15-3-2-4-16(11-15)24-14-7-5-13(6-8-14)20-18(21)17-12-23-10-9-19-17;/h2-8,11,17,19H,9-10,12H2,1H3,(H,20,21);1H. The summed E-state index contributed by atoms with van der Waals surface area (Å²) in [7, 11) is 1.61. The van der Waals surface area contributed by atoms with Gasteiger partial charge < -0.3 is 24.8 Å². The third-order valence-corrected chi connectivity index (χ3v) is 3.64. The van der Waals surface area contributed by atoms with Crippen molar-refractivity contribution in [2.45, 2.75) is 6.04 Å². The first kappa shape index (κ1) is 19.1. The molecule has 1 heterocycles. The quantitative estimate of drug-likeness (QED) is 0.853. The fourth-order valence-electron chi connectivity index (χ4n) is 2.37. The van der Waals surface area contributed by atoms with E-state index in [-0.39, 0.29) is 24.4 Å². The molecule has 1 unspecified atom stereocenters. The second kappa shape index (κ2) is 9.27. The molecule has 0 bridgehead atoms. The maximum absolute atomic E-state index is 12.1. The topological polar surface area (TPSA) is 68.8 Å². The zero-order valence-electron chi connectivity index (χ0n) is 13.9. The Morgan fingerprint density at radius 2 is 1.92 bits per heavy atom. The van der Waals surface area contributed by atoms with E-state index in [0.717, 1.165) is 5.75 Å². The van der Waals surface area contributed by atoms with Gasteiger partial charge in [0.25, 0.3) is 0 Å². The van der Waals surface area contributed by atoms with Gasteiger partial charge in [0.2, 0.25) is 5.91 Å². The van der Waals surface area contributed by atoms with Crippen molar-refractivity contribution in [2.24, 2.45) is 0 Å². The number of nitrogens with one attached hydrogen (secondary N) is 2. The van der Waals surface area contributed by atoms with E-state index in [1.54, 1.807) is 31.4 Å². The summed E-state index contributed by atoms with van der Waals surface area (Å²) in [6, 6.07) is 14.3. The average molecular weight is 365 g/mol. The van der Waals surface area contributed by atoms with Crippen LogP contribution in [0.5, 0.6) is 17.2 Å². The minimum atomic E-state index is -0.313. The van der Waals surface area contributed by atoms with Crippen LogP contribution < -0.4 is 20.1 Å². The average Bonchev–Trinajstić information content (AvgIpc) is 2.64. The van der Waals surface area contributed by atoms with Crippen LogP contribution in [-0.4, -0.2) is 38.8 Å². The summed E-state index contributed by atoms with van der Waals surface area (Å²) in [4.78, 5) is 12.1. The Bertz CT molecular complexity index is 688. The minimum absolute atomic E-state index is 0. The molecule has 3 rings (SSSR count). The number of morpholine rings is 1. The number of amides is 1. The maximum Gasteiger partial charge on any atom is 0.243 e. The zero-order chi connectivity index (χ0) is 16.8. The molecule has 7 heteroatoms. The van der Waals surface area contributed by atoms with Crippen molar-refractivity contribution < 1.29 is 19.0 Å². The highest BCUT2D eigenvalue weighted by molar-refractivity contribution is 5.95. The molecule has 134 valence electrons. The van der Waals surface area contributed by atoms with Gasteiger partial charge in [-0.25, -0.2) is 0 Å². The summed E-state index contributed by atoms with van der Waals surface area (Å²) in [6.07, 6.45) is 0. The number of hydrogen-bond donors (Lipinski definition) is 2. The predicted octanol–water partition coefficient (Wildman–Crippen LogP) is 2.84. The van der Waals surface area contributed by atoms with Gasteiger partial charge in [-0.3, -0.25) is 4.79 Å². The number of halogens is 1. The van der Waals surface area contributed by atoms with E-state index in [0.29, 0.717) is 36.9 Å². The molecule has 6 nitrogen and oxygen atoms in total. The van der Waals surface area contributed by atoms with Gasteiger partial charge in [0, 0.05) is 18.3 Å². The second-order valence-electron chi connectivity index (χ2n) is 5.38. The first-order chi connectivity index (χ1) is 11.7. The molecule has 2 aromatic rings. The molecule has 1 aliphatic rings. The van der Waals surface area contributed by atoms with Crippen molar-refractivity contribution >= 4 is 24.0 Å². The monoisotopic (exact) mass is 364 g/mol. The van der Waals surface area contributed by atoms with Crippen LogP contribution in [0.4, 0.5) is 5.69 Å². The highest BCUT2D eigenvalue weighted by Crippen LogP contribution is 2.26. The number of benzene rings is 2. The second-order valence-corrected chi connectivity index (χ2v) is 5.38. The van der Waals surface area contributed by atoms with Crippen molar-refractivity contribution in [3.05, 3.63) is 48.5 Å². The first-order valence-corrected chi connectivity index (χ1v) is 7.78. The van der Waals surface area contributed by atoms with Crippen LogP contribution in [-0.2, 0) is 9.53 Å². The number of carbonyl (C=O) groups excluding carboxylic acids is 1. The number of hydrogen-bond acceptors (Lipinski definition) is 5. The van der Waals surface area contributed by atoms with Crippen LogP contribution in [0.1, 0.15) is 0 Å². The Morgan fingerprint density at radius 3 is 2.60 bits per heavy atom. The Balaban J connectivity index is 0.00000225. The van der Waals surface area contributed by atoms with Crippen molar-refractivity contribution in [1.29, 1.82) is 0 Å². The summed E-state index contributed by atoms with van der Waals surface area (Å²) in [5.41, 5.74) is 0.713. The molecule has 1 amide bonds. The minimum Gasteiger partial charge on any atom is -0.497 e. The molecular weight excluding hydrogens is 344 g/mol. The normalized spacial score (nSPS) is 16.4. The van der Waals surface area contributed by atoms with Gasteiger partial charge in [-0.1, -0.05) is 6.07 Å². The van der Waals surface area contributed by atoms with Crippen LogP contribution in [0.15, 0.2) is 48.5 Å². The van der Waals surface area contributed by atoms with Gasteiger partial charge in [-0.2, -0.15) is 0 Å². The van der Waals surface area contributed by atoms with E-state index >= 15 is 0 Å². The Labute approximate surface area is 152 Å². The highest BCUT2D eigenvalue weighted by Gasteiger charge is 2.20. The predicted molar refractivity (Wildman–Crippen MR) is 98.0 cm³/mol. The summed E-state index contributed by atoms with van der Waals surface area (Å²) in [6.45, 7) is 1.72. The highest BCUT2D eigenvalue weighted by atomic mass is 35.5. The number of carbonyl (C=O) groups is 1. The van der Waals surface area contributed by atoms with Gasteiger partial charge in [0.05, 0.1) is 20.3 Å². The van der Waals surface area contributed by atoms with E-state index in [4.69, 9.17) is 14.2 Å². The fraction of sp³-hybridized carbons (Fsp3) is 0.278. The van der Waals surface area contributed by atoms with Crippen molar-refractivity contribution in [3.8, 4) is 17.2 Å². The zero-order valence-corrected chi connectivity index (χ0v) is 14.7. The summed E-state index contributed by atoms with van der Waals surface area (Å²) < 4.78 is 16.2. The molecule has 1 saturated heterocycles. The maximum atomic E-state index is 12.1. The van der Waals surface area contributed by atoms with Gasteiger partial charge >= 0.3 is 0 Å². The van der Waals surface area contributed by atoms with Crippen LogP contribution in [0.3, 0.4) is 0 Å². The SMILES string of the molecule is COc1cccc(Oc2ccc(NC(=O)C3COCCN3)cc2)c1.Cl. The largest absolute Gasteiger partial charge is 0.497 e. The molecule has 2 N–H and O–H groups in total. The Morgan fingerprint density at radius 1 is 1.16 bits per heavy atom. The molecule has 25 heavy (non-hydrogen) atoms. The molecule has 0 spiro atoms. The molecular formula is C18H21ClN2O4. The summed E-state index contributed by atoms with van der Waals surface area (Å²) >= 11 is 0. The lowest BCUT2D eigenvalue weighted by molar-refractivity contribution is -0.120.